The van der Waals surface area contributed by atoms with Gasteiger partial charge in [0.15, 0.2) is 0 Å². The summed E-state index contributed by atoms with van der Waals surface area (Å²) in [7, 11) is 0. The van der Waals surface area contributed by atoms with Gasteiger partial charge in [-0.15, -0.1) is 0 Å². The van der Waals surface area contributed by atoms with Crippen molar-refractivity contribution in [3.63, 3.8) is 0 Å². The van der Waals surface area contributed by atoms with E-state index in [0.29, 0.717) is 6.20 Å². The molecule has 4 nitrogen and oxygen atoms in total. The molecule has 0 saturated carbocycles. The summed E-state index contributed by atoms with van der Waals surface area (Å²) in [6.07, 6.45) is 3.67. The minimum atomic E-state index is -0.453. The van der Waals surface area contributed by atoms with Gasteiger partial charge in [-0.05, 0) is 0 Å². The van der Waals surface area contributed by atoms with Crippen LogP contribution in [0.4, 0.5) is 14.6 Å². The van der Waals surface area contributed by atoms with Crippen LogP contribution < -0.4 is 5.35 Å². The van der Waals surface area contributed by atoms with E-state index < -0.39 is 11.6 Å². The topological polar surface area (TPSA) is 42.2 Å². The number of benzene rings is 1. The fourth-order valence-electron chi connectivity index (χ4n) is 2.09. The zero-order valence-corrected chi connectivity index (χ0v) is 14.7. The van der Waals surface area contributed by atoms with Crippen molar-refractivity contribution in [2.45, 2.75) is 20.8 Å². The van der Waals surface area contributed by atoms with Gasteiger partial charge >= 0.3 is 159 Å². The summed E-state index contributed by atoms with van der Waals surface area (Å²) in [6.45, 7) is 4.53. The molecule has 2 aromatic heterocycles. The van der Waals surface area contributed by atoms with Gasteiger partial charge in [0.1, 0.15) is 0 Å². The van der Waals surface area contributed by atoms with E-state index in [1.165, 1.54) is 6.07 Å². The second-order valence-corrected chi connectivity index (χ2v) is 9.24. The number of hydrogen-bond acceptors (Lipinski definition) is 3. The van der Waals surface area contributed by atoms with Crippen molar-refractivity contribution in [1.82, 2.24) is 14.6 Å². The molecule has 2 heterocycles. The van der Waals surface area contributed by atoms with Gasteiger partial charge in [-0.1, -0.05) is 0 Å². The first kappa shape index (κ1) is 16.9. The number of nitrogens with one attached hydrogen (secondary N) is 1. The van der Waals surface area contributed by atoms with Crippen LogP contribution in [0.1, 0.15) is 19.4 Å². The van der Waals surface area contributed by atoms with Gasteiger partial charge in [0, 0.05) is 0 Å². The number of halogens is 2. The third-order valence-corrected chi connectivity index (χ3v) is 5.60. The number of fused-ring (bicyclic) bond motifs is 1. The van der Waals surface area contributed by atoms with Crippen LogP contribution in [-0.4, -0.2) is 14.6 Å². The second kappa shape index (κ2) is 7.31. The summed E-state index contributed by atoms with van der Waals surface area (Å²) in [5.41, 5.74) is 1.09. The number of nitrogens with zero attached hydrogens (tertiary/aromatic N) is 3. The predicted octanol–water partition coefficient (Wildman–Crippen LogP) is 3.16. The number of aromatic nitrogens is 3. The van der Waals surface area contributed by atoms with Crippen molar-refractivity contribution in [2.24, 2.45) is 0 Å². The van der Waals surface area contributed by atoms with Crippen LogP contribution >= 0.6 is 0 Å². The Balaban J connectivity index is 1.81. The maximum atomic E-state index is 13.6. The summed E-state index contributed by atoms with van der Waals surface area (Å²) in [5.74, 6) is -0.271. The SMILES string of the molecule is CC(C)[Xe]c1cnn2ccc(NCc3cc(F)ccc3F)nc12. The zero-order chi connectivity index (χ0) is 16.4. The van der Waals surface area contributed by atoms with Crippen LogP contribution in [0.25, 0.3) is 5.65 Å². The molecule has 0 saturated heterocycles. The van der Waals surface area contributed by atoms with Gasteiger partial charge < -0.3 is 0 Å². The van der Waals surface area contributed by atoms with Gasteiger partial charge in [0.25, 0.3) is 0 Å². The molecular formula is C16H16F2N4Xe. The minimum absolute atomic E-state index is 0.0325. The van der Waals surface area contributed by atoms with Gasteiger partial charge in [-0.25, -0.2) is 0 Å². The van der Waals surface area contributed by atoms with Gasteiger partial charge in [0.2, 0.25) is 0 Å². The Kier molecular flexibility index (Phi) is 5.38. The standard InChI is InChI=1S/C16H16F2N4Xe/c1-10(2)23-14-9-20-22-6-5-15(21-16(14)22)19-8-11-7-12(17)3-4-13(11)18/h3-7,9-10H,8H2,1-2H3,(H,19,21). The number of hydrogen-bond donors (Lipinski definition) is 1. The molecule has 23 heavy (non-hydrogen) atoms. The Morgan fingerprint density at radius 3 is 2.87 bits per heavy atom. The predicted molar refractivity (Wildman–Crippen MR) is 81.4 cm³/mol. The molecule has 7 heteroatoms. The first-order valence-electron chi connectivity index (χ1n) is 7.16. The van der Waals surface area contributed by atoms with Gasteiger partial charge in [-0.2, -0.15) is 0 Å². The zero-order valence-electron chi connectivity index (χ0n) is 12.7. The summed E-state index contributed by atoms with van der Waals surface area (Å²) in [4.78, 5) is 4.55. The Labute approximate surface area is 157 Å². The summed E-state index contributed by atoms with van der Waals surface area (Å²) >= 11 is 0.0325. The third-order valence-electron chi connectivity index (χ3n) is 3.10. The van der Waals surface area contributed by atoms with E-state index in [-0.39, 0.29) is 56.3 Å². The van der Waals surface area contributed by atoms with Crippen LogP contribution in [0.15, 0.2) is 36.7 Å². The molecule has 0 unspecified atom stereocenters. The molecular weight excluding hydrogens is 417 g/mol. The molecule has 0 fully saturated rings. The molecule has 0 bridgehead atoms. The molecule has 0 amide bonds. The van der Waals surface area contributed by atoms with Crippen LogP contribution in [0.5, 0.6) is 0 Å². The quantitative estimate of drug-likeness (QED) is 0.672. The molecule has 1 aromatic carbocycles. The third kappa shape index (κ3) is 4.13. The van der Waals surface area contributed by atoms with Crippen molar-refractivity contribution in [3.05, 3.63) is 53.9 Å². The van der Waals surface area contributed by atoms with Crippen molar-refractivity contribution >= 4 is 11.5 Å². The van der Waals surface area contributed by atoms with E-state index >= 15 is 0 Å². The Bertz CT molecular complexity index is 832. The van der Waals surface area contributed by atoms with Crippen molar-refractivity contribution in [1.29, 1.82) is 0 Å². The maximum absolute atomic E-state index is 13.6. The first-order valence-corrected chi connectivity index (χ1v) is 9.33. The molecule has 0 aliphatic carbocycles. The van der Waals surface area contributed by atoms with E-state index in [1.54, 1.807) is 10.6 Å². The molecule has 3 rings (SSSR count). The molecule has 0 radical (unpaired) electrons. The summed E-state index contributed by atoms with van der Waals surface area (Å²) in [6, 6.07) is 5.20. The monoisotopic (exact) mass is 434 g/mol. The Morgan fingerprint density at radius 1 is 1.26 bits per heavy atom. The van der Waals surface area contributed by atoms with Crippen molar-refractivity contribution in [2.75, 3.05) is 5.32 Å². The van der Waals surface area contributed by atoms with E-state index in [4.69, 9.17) is 0 Å². The number of anilines is 1. The van der Waals surface area contributed by atoms with Crippen LogP contribution in [0.2, 0.25) is 0.386 Å². The van der Waals surface area contributed by atoms with Crippen LogP contribution in [0, 0.1) is 55.8 Å². The van der Waals surface area contributed by atoms with Gasteiger partial charge in [0.05, 0.1) is 0 Å². The van der Waals surface area contributed by atoms with E-state index in [2.05, 4.69) is 29.2 Å². The first-order chi connectivity index (χ1) is 11.0. The second-order valence-electron chi connectivity index (χ2n) is 5.24. The van der Waals surface area contributed by atoms with E-state index in [0.717, 1.165) is 17.8 Å². The summed E-state index contributed by atoms with van der Waals surface area (Å²) in [5, 5.41) is 7.34. The Morgan fingerprint density at radius 2 is 2.09 bits per heavy atom. The number of rotatable bonds is 5. The van der Waals surface area contributed by atoms with Crippen LogP contribution in [-0.2, 0) is 6.54 Å². The molecule has 0 aliphatic heterocycles. The van der Waals surface area contributed by atoms with Gasteiger partial charge in [-0.3, -0.25) is 0 Å². The average molecular weight is 434 g/mol. The van der Waals surface area contributed by atoms with E-state index in [1.807, 2.05) is 12.4 Å². The molecule has 0 aliphatic rings. The van der Waals surface area contributed by atoms with Crippen molar-refractivity contribution < 1.29 is 53.0 Å². The normalized spacial score (nSPS) is 11.5. The van der Waals surface area contributed by atoms with Crippen molar-refractivity contribution in [3.8, 4) is 0 Å². The average Bonchev–Trinajstić information content (AvgIpc) is 2.90. The molecule has 3 aromatic rings. The van der Waals surface area contributed by atoms with Crippen LogP contribution in [0.3, 0.4) is 0 Å². The summed E-state index contributed by atoms with van der Waals surface area (Å²) < 4.78 is 30.3. The fraction of sp³-hybridized carbons (Fsp3) is 0.250. The molecule has 1 N–H and O–H groups in total. The van der Waals surface area contributed by atoms with E-state index in [9.17, 15) is 8.78 Å². The molecule has 0 spiro atoms. The fourth-order valence-corrected chi connectivity index (χ4v) is 4.22. The Hall–Kier alpha value is -0.929. The molecule has 0 atom stereocenters. The molecule has 122 valence electrons.